The zero-order chi connectivity index (χ0) is 24.4. The standard InChI is InChI=1S/C11H16O2.C8H7FO2.C4H6O2.CH5N/c1-3-6-13-11(12)10-8-5-4-7(2)9(8)10;9-8-3-1-2-7(4-8)5-11-6-10;1-2-3-6-4-5;1-2/h3,7-10H,1,4-6H2,2H3;1-4,6H,5H2;2,4H,1,3H2;2H2,1H3. The normalized spacial score (nSPS) is 21.2. The second kappa shape index (κ2) is 17.7. The molecule has 1 aromatic carbocycles. The van der Waals surface area contributed by atoms with E-state index in [4.69, 9.17) is 4.74 Å². The Morgan fingerprint density at radius 1 is 1.12 bits per heavy atom. The van der Waals surface area contributed by atoms with Crippen molar-refractivity contribution in [1.29, 1.82) is 0 Å². The molecule has 2 fully saturated rings. The molecule has 178 valence electrons. The number of benzene rings is 1. The molecule has 8 heteroatoms. The highest BCUT2D eigenvalue weighted by molar-refractivity contribution is 5.77. The average molecular weight is 452 g/mol. The second-order valence-electron chi connectivity index (χ2n) is 7.00. The van der Waals surface area contributed by atoms with Crippen molar-refractivity contribution in [3.05, 3.63) is 61.0 Å². The molecular formula is C24H34FNO6. The number of halogens is 1. The van der Waals surface area contributed by atoms with Gasteiger partial charge in [-0.15, -0.1) is 0 Å². The fourth-order valence-electron chi connectivity index (χ4n) is 3.63. The van der Waals surface area contributed by atoms with Gasteiger partial charge in [-0.1, -0.05) is 50.8 Å². The van der Waals surface area contributed by atoms with E-state index < -0.39 is 0 Å². The fraction of sp³-hybridized carbons (Fsp3) is 0.458. The fourth-order valence-corrected chi connectivity index (χ4v) is 3.63. The minimum absolute atomic E-state index is 0.00134. The Bertz CT molecular complexity index is 703. The molecule has 2 N–H and O–H groups in total. The van der Waals surface area contributed by atoms with Crippen molar-refractivity contribution < 1.29 is 33.0 Å². The molecule has 0 radical (unpaired) electrons. The Morgan fingerprint density at radius 3 is 2.25 bits per heavy atom. The van der Waals surface area contributed by atoms with Gasteiger partial charge in [0.05, 0.1) is 5.92 Å². The van der Waals surface area contributed by atoms with E-state index in [1.165, 1.54) is 38.1 Å². The average Bonchev–Trinajstić information content (AvgIpc) is 3.43. The lowest BCUT2D eigenvalue weighted by molar-refractivity contribution is -0.145. The van der Waals surface area contributed by atoms with E-state index in [-0.39, 0.29) is 24.3 Å². The van der Waals surface area contributed by atoms with E-state index in [0.717, 1.165) is 5.92 Å². The van der Waals surface area contributed by atoms with Gasteiger partial charge in [-0.3, -0.25) is 14.4 Å². The van der Waals surface area contributed by atoms with Crippen LogP contribution in [0.5, 0.6) is 0 Å². The van der Waals surface area contributed by atoms with E-state index in [0.29, 0.717) is 43.6 Å². The molecule has 0 saturated heterocycles. The molecule has 32 heavy (non-hydrogen) atoms. The molecule has 0 amide bonds. The first-order valence-electron chi connectivity index (χ1n) is 10.3. The van der Waals surface area contributed by atoms with Gasteiger partial charge in [0.1, 0.15) is 25.6 Å². The second-order valence-corrected chi connectivity index (χ2v) is 7.00. The molecule has 7 nitrogen and oxygen atoms in total. The van der Waals surface area contributed by atoms with Gasteiger partial charge in [-0.25, -0.2) is 4.39 Å². The lowest BCUT2D eigenvalue weighted by atomic mass is 10.0. The van der Waals surface area contributed by atoms with E-state index >= 15 is 0 Å². The quantitative estimate of drug-likeness (QED) is 0.202. The predicted octanol–water partition coefficient (Wildman–Crippen LogP) is 3.43. The molecule has 2 aliphatic rings. The third-order valence-corrected chi connectivity index (χ3v) is 4.95. The van der Waals surface area contributed by atoms with Gasteiger partial charge in [-0.05, 0) is 48.9 Å². The Hall–Kier alpha value is -3.00. The summed E-state index contributed by atoms with van der Waals surface area (Å²) >= 11 is 0. The van der Waals surface area contributed by atoms with Crippen molar-refractivity contribution >= 4 is 18.9 Å². The summed E-state index contributed by atoms with van der Waals surface area (Å²) in [5.74, 6) is 1.91. The SMILES string of the molecule is C=CCOC(=O)C1C2CCC(C)C21.C=CCOC=O.CN.O=COCc1cccc(F)c1. The third kappa shape index (κ3) is 10.9. The van der Waals surface area contributed by atoms with Crippen molar-refractivity contribution in [1.82, 2.24) is 0 Å². The first-order chi connectivity index (χ1) is 15.5. The minimum Gasteiger partial charge on any atom is -0.464 e. The van der Waals surface area contributed by atoms with Gasteiger partial charge < -0.3 is 19.9 Å². The van der Waals surface area contributed by atoms with Crippen LogP contribution in [0.25, 0.3) is 0 Å². The molecule has 1 aromatic rings. The highest BCUT2D eigenvalue weighted by atomic mass is 19.1. The lowest BCUT2D eigenvalue weighted by Gasteiger charge is -2.07. The number of ether oxygens (including phenoxy) is 3. The number of hydrogen-bond acceptors (Lipinski definition) is 7. The Kier molecular flexibility index (Phi) is 16.0. The minimum atomic E-state index is -0.322. The number of fused-ring (bicyclic) bond motifs is 1. The van der Waals surface area contributed by atoms with E-state index in [1.54, 1.807) is 18.2 Å². The summed E-state index contributed by atoms with van der Waals surface area (Å²) in [6, 6.07) is 5.92. The molecule has 0 aromatic heterocycles. The zero-order valence-corrected chi connectivity index (χ0v) is 18.8. The maximum absolute atomic E-state index is 12.5. The van der Waals surface area contributed by atoms with Crippen LogP contribution in [0.4, 0.5) is 4.39 Å². The monoisotopic (exact) mass is 451 g/mol. The first-order valence-corrected chi connectivity index (χ1v) is 10.3. The van der Waals surface area contributed by atoms with Crippen molar-refractivity contribution in [2.75, 3.05) is 20.3 Å². The molecular weight excluding hydrogens is 417 g/mol. The zero-order valence-electron chi connectivity index (χ0n) is 18.8. The highest BCUT2D eigenvalue weighted by Gasteiger charge is 2.60. The third-order valence-electron chi connectivity index (χ3n) is 4.95. The van der Waals surface area contributed by atoms with Crippen LogP contribution in [0, 0.1) is 29.5 Å². The predicted molar refractivity (Wildman–Crippen MR) is 120 cm³/mol. The van der Waals surface area contributed by atoms with Gasteiger partial charge in [0, 0.05) is 0 Å². The summed E-state index contributed by atoms with van der Waals surface area (Å²) in [5, 5.41) is 0. The van der Waals surface area contributed by atoms with Crippen molar-refractivity contribution in [2.45, 2.75) is 26.4 Å². The summed E-state index contributed by atoms with van der Waals surface area (Å²) in [4.78, 5) is 30.5. The van der Waals surface area contributed by atoms with Gasteiger partial charge in [0.25, 0.3) is 12.9 Å². The van der Waals surface area contributed by atoms with Crippen LogP contribution in [0.3, 0.4) is 0 Å². The molecule has 0 bridgehead atoms. The molecule has 0 heterocycles. The Morgan fingerprint density at radius 2 is 1.78 bits per heavy atom. The Balaban J connectivity index is 0.000000461. The maximum atomic E-state index is 12.5. The van der Waals surface area contributed by atoms with Crippen LogP contribution < -0.4 is 5.73 Å². The maximum Gasteiger partial charge on any atom is 0.309 e. The number of nitrogens with two attached hydrogens (primary N) is 1. The number of carbonyl (C=O) groups excluding carboxylic acids is 3. The van der Waals surface area contributed by atoms with Crippen LogP contribution in [-0.4, -0.2) is 39.2 Å². The number of esters is 1. The summed E-state index contributed by atoms with van der Waals surface area (Å²) in [5.41, 5.74) is 5.15. The smallest absolute Gasteiger partial charge is 0.309 e. The van der Waals surface area contributed by atoms with Gasteiger partial charge in [-0.2, -0.15) is 0 Å². The van der Waals surface area contributed by atoms with Gasteiger partial charge >= 0.3 is 5.97 Å². The van der Waals surface area contributed by atoms with Crippen molar-refractivity contribution in [3.8, 4) is 0 Å². The summed E-state index contributed by atoms with van der Waals surface area (Å²) in [6.07, 6.45) is 5.65. The van der Waals surface area contributed by atoms with Crippen LogP contribution in [0.15, 0.2) is 49.6 Å². The Labute approximate surface area is 189 Å². The van der Waals surface area contributed by atoms with Crippen molar-refractivity contribution in [3.63, 3.8) is 0 Å². The molecule has 0 aliphatic heterocycles. The molecule has 4 unspecified atom stereocenters. The van der Waals surface area contributed by atoms with E-state index in [9.17, 15) is 18.8 Å². The molecule has 3 rings (SSSR count). The summed E-state index contributed by atoms with van der Waals surface area (Å²) in [7, 11) is 1.50. The first kappa shape index (κ1) is 29.0. The lowest BCUT2D eigenvalue weighted by Crippen LogP contribution is -2.12. The molecule has 2 saturated carbocycles. The molecule has 2 aliphatic carbocycles. The highest BCUT2D eigenvalue weighted by Crippen LogP contribution is 2.60. The van der Waals surface area contributed by atoms with Crippen LogP contribution in [0.2, 0.25) is 0 Å². The largest absolute Gasteiger partial charge is 0.464 e. The number of carbonyl (C=O) groups is 3. The van der Waals surface area contributed by atoms with Crippen LogP contribution in [0.1, 0.15) is 25.3 Å². The van der Waals surface area contributed by atoms with E-state index in [2.05, 4.69) is 35.3 Å². The van der Waals surface area contributed by atoms with Crippen LogP contribution >= 0.6 is 0 Å². The topological polar surface area (TPSA) is 105 Å². The summed E-state index contributed by atoms with van der Waals surface area (Å²) < 4.78 is 26.1. The summed E-state index contributed by atoms with van der Waals surface area (Å²) in [6.45, 7) is 10.6. The number of hydrogen-bond donors (Lipinski definition) is 1. The van der Waals surface area contributed by atoms with Crippen molar-refractivity contribution in [2.24, 2.45) is 29.4 Å². The molecule has 4 atom stereocenters. The van der Waals surface area contributed by atoms with Gasteiger partial charge in [0.2, 0.25) is 0 Å². The number of rotatable bonds is 9. The van der Waals surface area contributed by atoms with Crippen LogP contribution in [-0.2, 0) is 35.2 Å². The van der Waals surface area contributed by atoms with Gasteiger partial charge in [0.15, 0.2) is 0 Å². The van der Waals surface area contributed by atoms with E-state index in [1.807, 2.05) is 0 Å². The molecule has 0 spiro atoms.